The topological polar surface area (TPSA) is 24.5 Å². The fourth-order valence-electron chi connectivity index (χ4n) is 4.62. The summed E-state index contributed by atoms with van der Waals surface area (Å²) in [6, 6.07) is 14.3. The molecular weight excluding hydrogens is 420 g/mol. The van der Waals surface area contributed by atoms with Gasteiger partial charge in [0.15, 0.2) is 10.8 Å². The second kappa shape index (κ2) is 5.60. The summed E-state index contributed by atoms with van der Waals surface area (Å²) in [5.74, 6) is 1.29. The van der Waals surface area contributed by atoms with Gasteiger partial charge in [0.05, 0.1) is 6.04 Å². The molecule has 2 aromatic carbocycles. The monoisotopic (exact) mass is 434 g/mol. The number of hydrogen-bond donors (Lipinski definition) is 1. The molecule has 2 aromatic rings. The van der Waals surface area contributed by atoms with Crippen molar-refractivity contribution in [2.75, 3.05) is 4.90 Å². The lowest BCUT2D eigenvalue weighted by Gasteiger charge is -2.56. The third-order valence-corrected chi connectivity index (χ3v) is 6.58. The van der Waals surface area contributed by atoms with Gasteiger partial charge in [0, 0.05) is 33.1 Å². The summed E-state index contributed by atoms with van der Waals surface area (Å²) in [6.07, 6.45) is 3.19. The van der Waals surface area contributed by atoms with E-state index < -0.39 is 5.72 Å². The third kappa shape index (κ3) is 2.25. The summed E-state index contributed by atoms with van der Waals surface area (Å²) in [4.78, 5) is 2.15. The molecule has 1 saturated carbocycles. The van der Waals surface area contributed by atoms with Gasteiger partial charge < -0.3 is 10.1 Å². The molecule has 3 atom stereocenters. The molecule has 5 rings (SSSR count). The number of nitrogens with one attached hydrogen (secondary N) is 1. The number of anilines is 1. The minimum Gasteiger partial charge on any atom is -0.467 e. The Hall–Kier alpha value is -1.30. The van der Waals surface area contributed by atoms with E-state index in [0.717, 1.165) is 35.2 Å². The minimum absolute atomic E-state index is 0.187. The van der Waals surface area contributed by atoms with Gasteiger partial charge in [-0.25, -0.2) is 0 Å². The Labute approximate surface area is 165 Å². The van der Waals surface area contributed by atoms with Crippen LogP contribution < -0.4 is 15.0 Å². The Kier molecular flexibility index (Phi) is 3.56. The van der Waals surface area contributed by atoms with Crippen molar-refractivity contribution in [3.63, 3.8) is 0 Å². The first kappa shape index (κ1) is 15.9. The van der Waals surface area contributed by atoms with Gasteiger partial charge in [-0.1, -0.05) is 33.6 Å². The van der Waals surface area contributed by atoms with E-state index in [1.165, 1.54) is 5.56 Å². The third-order valence-electron chi connectivity index (χ3n) is 5.55. The molecule has 2 bridgehead atoms. The molecule has 0 spiro atoms. The Morgan fingerprint density at radius 1 is 1.28 bits per heavy atom. The first-order valence-corrected chi connectivity index (χ1v) is 10.0. The van der Waals surface area contributed by atoms with Crippen molar-refractivity contribution in [2.24, 2.45) is 5.92 Å². The van der Waals surface area contributed by atoms with Gasteiger partial charge in [-0.05, 0) is 61.5 Å². The van der Waals surface area contributed by atoms with Gasteiger partial charge >= 0.3 is 0 Å². The predicted molar refractivity (Wildman–Crippen MR) is 107 cm³/mol. The molecule has 128 valence electrons. The molecule has 0 radical (unpaired) electrons. The van der Waals surface area contributed by atoms with Crippen molar-refractivity contribution < 1.29 is 4.74 Å². The van der Waals surface area contributed by atoms with E-state index in [-0.39, 0.29) is 6.04 Å². The maximum Gasteiger partial charge on any atom is 0.194 e. The van der Waals surface area contributed by atoms with Crippen LogP contribution in [0.4, 0.5) is 5.69 Å². The standard InChI is InChI=1S/C19H16BrClN2OS/c20-11-6-7-16-14(9-11)17-15-5-2-8-19(15,24-16)23(18(25)22-17)13-4-1-3-12(21)10-13/h1,3-4,6-7,9-10,15,17H,2,5,8H2,(H,22,25). The van der Waals surface area contributed by atoms with Crippen LogP contribution in [-0.4, -0.2) is 10.8 Å². The summed E-state index contributed by atoms with van der Waals surface area (Å²) in [6.45, 7) is 0. The van der Waals surface area contributed by atoms with Crippen LogP contribution in [0.15, 0.2) is 46.9 Å². The molecule has 1 saturated heterocycles. The van der Waals surface area contributed by atoms with Gasteiger partial charge in [-0.15, -0.1) is 0 Å². The smallest absolute Gasteiger partial charge is 0.194 e. The number of hydrogen-bond acceptors (Lipinski definition) is 2. The zero-order valence-corrected chi connectivity index (χ0v) is 16.5. The molecule has 2 aliphatic heterocycles. The van der Waals surface area contributed by atoms with Crippen molar-refractivity contribution in [3.05, 3.63) is 57.5 Å². The number of halogens is 2. The molecule has 3 nitrogen and oxygen atoms in total. The van der Waals surface area contributed by atoms with E-state index >= 15 is 0 Å². The first-order chi connectivity index (χ1) is 12.1. The highest BCUT2D eigenvalue weighted by Crippen LogP contribution is 2.56. The van der Waals surface area contributed by atoms with Gasteiger partial charge in [0.1, 0.15) is 5.75 Å². The Morgan fingerprint density at radius 3 is 3.00 bits per heavy atom. The van der Waals surface area contributed by atoms with Crippen LogP contribution in [0.2, 0.25) is 5.02 Å². The summed E-state index contributed by atoms with van der Waals surface area (Å²) in [7, 11) is 0. The van der Waals surface area contributed by atoms with E-state index in [0.29, 0.717) is 16.1 Å². The van der Waals surface area contributed by atoms with Crippen LogP contribution in [0.5, 0.6) is 5.75 Å². The van der Waals surface area contributed by atoms with Crippen LogP contribution in [0.1, 0.15) is 30.9 Å². The zero-order chi connectivity index (χ0) is 17.2. The van der Waals surface area contributed by atoms with Crippen molar-refractivity contribution in [2.45, 2.75) is 31.0 Å². The van der Waals surface area contributed by atoms with E-state index in [1.54, 1.807) is 0 Å². The van der Waals surface area contributed by atoms with Crippen LogP contribution >= 0.6 is 39.7 Å². The molecule has 2 heterocycles. The van der Waals surface area contributed by atoms with Gasteiger partial charge in [-0.3, -0.25) is 4.90 Å². The summed E-state index contributed by atoms with van der Waals surface area (Å²) in [5.41, 5.74) is 1.74. The average molecular weight is 436 g/mol. The fraction of sp³-hybridized carbons (Fsp3) is 0.316. The van der Waals surface area contributed by atoms with Crippen LogP contribution in [0.25, 0.3) is 0 Å². The lowest BCUT2D eigenvalue weighted by Crippen LogP contribution is -2.69. The highest BCUT2D eigenvalue weighted by molar-refractivity contribution is 9.10. The molecule has 0 amide bonds. The fourth-order valence-corrected chi connectivity index (χ4v) is 5.57. The van der Waals surface area contributed by atoms with Gasteiger partial charge in [-0.2, -0.15) is 0 Å². The van der Waals surface area contributed by atoms with E-state index in [9.17, 15) is 0 Å². The van der Waals surface area contributed by atoms with Crippen LogP contribution in [-0.2, 0) is 0 Å². The normalized spacial score (nSPS) is 29.5. The highest BCUT2D eigenvalue weighted by atomic mass is 79.9. The van der Waals surface area contributed by atoms with Gasteiger partial charge in [0.25, 0.3) is 0 Å². The van der Waals surface area contributed by atoms with E-state index in [1.807, 2.05) is 30.3 Å². The Balaban J connectivity index is 1.70. The number of thiocarbonyl (C=S) groups is 1. The maximum atomic E-state index is 6.68. The number of ether oxygens (including phenoxy) is 1. The number of fused-ring (bicyclic) bond motifs is 2. The summed E-state index contributed by atoms with van der Waals surface area (Å²) >= 11 is 15.6. The maximum absolute atomic E-state index is 6.68. The summed E-state index contributed by atoms with van der Waals surface area (Å²) in [5, 5.41) is 4.99. The number of nitrogens with zero attached hydrogens (tertiary/aromatic N) is 1. The number of rotatable bonds is 1. The first-order valence-electron chi connectivity index (χ1n) is 8.43. The second-order valence-corrected chi connectivity index (χ2v) is 8.61. The predicted octanol–water partition coefficient (Wildman–Crippen LogP) is 5.43. The van der Waals surface area contributed by atoms with Crippen LogP contribution in [0.3, 0.4) is 0 Å². The molecule has 3 aliphatic rings. The lowest BCUT2D eigenvalue weighted by atomic mass is 9.80. The highest BCUT2D eigenvalue weighted by Gasteiger charge is 2.60. The molecule has 2 fully saturated rings. The lowest BCUT2D eigenvalue weighted by molar-refractivity contribution is -0.00509. The average Bonchev–Trinajstić information content (AvgIpc) is 3.00. The van der Waals surface area contributed by atoms with E-state index in [2.05, 4.69) is 38.3 Å². The van der Waals surface area contributed by atoms with Crippen molar-refractivity contribution in [1.29, 1.82) is 0 Å². The quantitative estimate of drug-likeness (QED) is 0.604. The Bertz CT molecular complexity index is 891. The molecule has 0 aromatic heterocycles. The Morgan fingerprint density at radius 2 is 2.16 bits per heavy atom. The van der Waals surface area contributed by atoms with Crippen LogP contribution in [0, 0.1) is 5.92 Å². The van der Waals surface area contributed by atoms with Crippen molar-refractivity contribution in [1.82, 2.24) is 5.32 Å². The van der Waals surface area contributed by atoms with Gasteiger partial charge in [0.2, 0.25) is 0 Å². The molecule has 1 N–H and O–H groups in total. The SMILES string of the molecule is S=C1NC2c3cc(Br)ccc3OC3(CCCC23)N1c1cccc(Cl)c1. The molecule has 3 unspecified atom stereocenters. The minimum atomic E-state index is -0.432. The molecular formula is C19H16BrClN2OS. The largest absolute Gasteiger partial charge is 0.467 e. The summed E-state index contributed by atoms with van der Waals surface area (Å²) < 4.78 is 7.74. The van der Waals surface area contributed by atoms with Crippen molar-refractivity contribution in [3.8, 4) is 5.75 Å². The zero-order valence-electron chi connectivity index (χ0n) is 13.3. The van der Waals surface area contributed by atoms with E-state index in [4.69, 9.17) is 28.6 Å². The second-order valence-electron chi connectivity index (χ2n) is 6.87. The molecule has 6 heteroatoms. The van der Waals surface area contributed by atoms with Crippen molar-refractivity contribution >= 4 is 50.5 Å². The molecule has 25 heavy (non-hydrogen) atoms. The number of benzene rings is 2. The molecule has 1 aliphatic carbocycles.